The lowest BCUT2D eigenvalue weighted by Crippen LogP contribution is -2.30. The Morgan fingerprint density at radius 2 is 1.65 bits per heavy atom. The van der Waals surface area contributed by atoms with E-state index < -0.39 is 0 Å². The second kappa shape index (κ2) is 8.21. The van der Waals surface area contributed by atoms with Crippen molar-refractivity contribution in [3.8, 4) is 0 Å². The molecule has 0 radical (unpaired) electrons. The van der Waals surface area contributed by atoms with E-state index in [2.05, 4.69) is 36.6 Å². The van der Waals surface area contributed by atoms with Crippen LogP contribution < -0.4 is 0 Å². The Bertz CT molecular complexity index is 805. The molecule has 4 rings (SSSR count). The normalized spacial score (nSPS) is 17.6. The zero-order valence-corrected chi connectivity index (χ0v) is 14.7. The summed E-state index contributed by atoms with van der Waals surface area (Å²) in [6.07, 6.45) is 11.2. The van der Waals surface area contributed by atoms with E-state index in [4.69, 9.17) is 4.74 Å². The molecule has 0 spiro atoms. The van der Waals surface area contributed by atoms with Crippen LogP contribution in [0, 0.1) is 5.92 Å². The Morgan fingerprint density at radius 3 is 2.42 bits per heavy atom. The molecule has 0 amide bonds. The van der Waals surface area contributed by atoms with Crippen molar-refractivity contribution in [1.82, 2.24) is 24.4 Å². The zero-order chi connectivity index (χ0) is 17.6. The molecule has 1 aliphatic rings. The van der Waals surface area contributed by atoms with Crippen LogP contribution >= 0.6 is 0 Å². The molecule has 0 saturated carbocycles. The lowest BCUT2D eigenvalue weighted by Gasteiger charge is -2.24. The summed E-state index contributed by atoms with van der Waals surface area (Å²) in [7, 11) is 0. The summed E-state index contributed by atoms with van der Waals surface area (Å²) in [6.45, 7) is 5.11. The van der Waals surface area contributed by atoms with Crippen molar-refractivity contribution in [2.75, 3.05) is 13.2 Å². The maximum atomic E-state index is 6.01. The van der Waals surface area contributed by atoms with Crippen LogP contribution in [0.4, 0.5) is 0 Å². The summed E-state index contributed by atoms with van der Waals surface area (Å²) in [5, 5.41) is 0. The van der Waals surface area contributed by atoms with E-state index in [1.165, 1.54) is 11.3 Å². The SMILES string of the molecule is c1cc(COCC2CN(Cc3ccncc3)Cc3cncn3C2)ccn1. The third-order valence-electron chi connectivity index (χ3n) is 4.68. The molecule has 4 heterocycles. The molecule has 3 aromatic heterocycles. The van der Waals surface area contributed by atoms with Gasteiger partial charge in [-0.2, -0.15) is 0 Å². The third kappa shape index (κ3) is 4.33. The molecule has 134 valence electrons. The Labute approximate surface area is 153 Å². The van der Waals surface area contributed by atoms with Gasteiger partial charge in [-0.1, -0.05) is 0 Å². The molecule has 6 nitrogen and oxygen atoms in total. The number of hydrogen-bond donors (Lipinski definition) is 0. The third-order valence-corrected chi connectivity index (χ3v) is 4.68. The molecule has 1 aliphatic heterocycles. The van der Waals surface area contributed by atoms with Gasteiger partial charge in [0.1, 0.15) is 0 Å². The van der Waals surface area contributed by atoms with Gasteiger partial charge in [-0.05, 0) is 35.4 Å². The number of fused-ring (bicyclic) bond motifs is 1. The number of imidazole rings is 1. The summed E-state index contributed by atoms with van der Waals surface area (Å²) in [6, 6.07) is 8.15. The number of ether oxygens (including phenoxy) is 1. The monoisotopic (exact) mass is 349 g/mol. The minimum absolute atomic E-state index is 0.425. The zero-order valence-electron chi connectivity index (χ0n) is 14.7. The number of aromatic nitrogens is 4. The number of hydrogen-bond acceptors (Lipinski definition) is 5. The first kappa shape index (κ1) is 16.9. The van der Waals surface area contributed by atoms with Gasteiger partial charge in [0, 0.05) is 63.1 Å². The Balaban J connectivity index is 1.40. The van der Waals surface area contributed by atoms with Gasteiger partial charge in [0.25, 0.3) is 0 Å². The van der Waals surface area contributed by atoms with E-state index in [0.29, 0.717) is 12.5 Å². The van der Waals surface area contributed by atoms with E-state index in [1.807, 2.05) is 37.1 Å². The molecule has 0 bridgehead atoms. The Kier molecular flexibility index (Phi) is 5.33. The molecule has 0 saturated heterocycles. The average molecular weight is 349 g/mol. The molecule has 1 unspecified atom stereocenters. The topological polar surface area (TPSA) is 56.1 Å². The number of pyridine rings is 2. The van der Waals surface area contributed by atoms with Gasteiger partial charge in [-0.15, -0.1) is 0 Å². The number of rotatable bonds is 6. The van der Waals surface area contributed by atoms with Crippen LogP contribution in [0.3, 0.4) is 0 Å². The van der Waals surface area contributed by atoms with Crippen LogP contribution in [-0.2, 0) is 31.0 Å². The lowest BCUT2D eigenvalue weighted by atomic mass is 10.1. The highest BCUT2D eigenvalue weighted by atomic mass is 16.5. The average Bonchev–Trinajstić information content (AvgIpc) is 3.03. The van der Waals surface area contributed by atoms with E-state index in [9.17, 15) is 0 Å². The maximum absolute atomic E-state index is 6.01. The molecule has 3 aromatic rings. The molecular formula is C20H23N5O. The van der Waals surface area contributed by atoms with Crippen molar-refractivity contribution in [3.63, 3.8) is 0 Å². The van der Waals surface area contributed by atoms with Crippen molar-refractivity contribution in [3.05, 3.63) is 78.4 Å². The predicted octanol–water partition coefficient (Wildman–Crippen LogP) is 2.52. The van der Waals surface area contributed by atoms with Crippen LogP contribution in [0.15, 0.2) is 61.6 Å². The van der Waals surface area contributed by atoms with Gasteiger partial charge in [0.15, 0.2) is 0 Å². The Hall–Kier alpha value is -2.57. The molecule has 0 N–H and O–H groups in total. The summed E-state index contributed by atoms with van der Waals surface area (Å²) in [5.41, 5.74) is 3.70. The van der Waals surface area contributed by atoms with Gasteiger partial charge < -0.3 is 9.30 Å². The van der Waals surface area contributed by atoms with Gasteiger partial charge >= 0.3 is 0 Å². The first-order chi connectivity index (χ1) is 12.9. The van der Waals surface area contributed by atoms with E-state index in [0.717, 1.165) is 38.3 Å². The highest BCUT2D eigenvalue weighted by molar-refractivity contribution is 5.11. The molecule has 0 aromatic carbocycles. The maximum Gasteiger partial charge on any atom is 0.0948 e. The van der Waals surface area contributed by atoms with Crippen molar-refractivity contribution in [1.29, 1.82) is 0 Å². The van der Waals surface area contributed by atoms with Crippen molar-refractivity contribution in [2.45, 2.75) is 26.2 Å². The fourth-order valence-electron chi connectivity index (χ4n) is 3.43. The molecule has 0 aliphatic carbocycles. The van der Waals surface area contributed by atoms with Crippen molar-refractivity contribution >= 4 is 0 Å². The van der Waals surface area contributed by atoms with Crippen LogP contribution in [-0.4, -0.2) is 37.6 Å². The highest BCUT2D eigenvalue weighted by Gasteiger charge is 2.22. The first-order valence-electron chi connectivity index (χ1n) is 8.94. The van der Waals surface area contributed by atoms with Crippen LogP contribution in [0.25, 0.3) is 0 Å². The first-order valence-corrected chi connectivity index (χ1v) is 8.94. The minimum atomic E-state index is 0.425. The quantitative estimate of drug-likeness (QED) is 0.684. The minimum Gasteiger partial charge on any atom is -0.376 e. The van der Waals surface area contributed by atoms with Crippen molar-refractivity contribution < 1.29 is 4.74 Å². The molecule has 1 atom stereocenters. The Morgan fingerprint density at radius 1 is 0.923 bits per heavy atom. The lowest BCUT2D eigenvalue weighted by molar-refractivity contribution is 0.0665. The summed E-state index contributed by atoms with van der Waals surface area (Å²) >= 11 is 0. The second-order valence-electron chi connectivity index (χ2n) is 6.80. The molecule has 26 heavy (non-hydrogen) atoms. The van der Waals surface area contributed by atoms with Gasteiger partial charge in [-0.25, -0.2) is 4.98 Å². The second-order valence-corrected chi connectivity index (χ2v) is 6.80. The summed E-state index contributed by atoms with van der Waals surface area (Å²) in [5.74, 6) is 0.425. The summed E-state index contributed by atoms with van der Waals surface area (Å²) < 4.78 is 8.26. The fraction of sp³-hybridized carbons (Fsp3) is 0.350. The van der Waals surface area contributed by atoms with E-state index in [1.54, 1.807) is 12.4 Å². The van der Waals surface area contributed by atoms with E-state index in [-0.39, 0.29) is 0 Å². The van der Waals surface area contributed by atoms with Crippen LogP contribution in [0.1, 0.15) is 16.8 Å². The van der Waals surface area contributed by atoms with Gasteiger partial charge in [0.05, 0.1) is 25.2 Å². The fourth-order valence-corrected chi connectivity index (χ4v) is 3.43. The van der Waals surface area contributed by atoms with Crippen molar-refractivity contribution in [2.24, 2.45) is 5.92 Å². The largest absolute Gasteiger partial charge is 0.376 e. The highest BCUT2D eigenvalue weighted by Crippen LogP contribution is 2.19. The van der Waals surface area contributed by atoms with Crippen LogP contribution in [0.2, 0.25) is 0 Å². The smallest absolute Gasteiger partial charge is 0.0948 e. The van der Waals surface area contributed by atoms with Gasteiger partial charge in [0.2, 0.25) is 0 Å². The molecule has 6 heteroatoms. The summed E-state index contributed by atoms with van der Waals surface area (Å²) in [4.78, 5) is 15.0. The number of nitrogens with zero attached hydrogens (tertiary/aromatic N) is 5. The molecular weight excluding hydrogens is 326 g/mol. The predicted molar refractivity (Wildman–Crippen MR) is 98.0 cm³/mol. The molecule has 0 fully saturated rings. The standard InChI is InChI=1S/C20H23N5O/c1-5-21-6-2-17(1)10-24-11-19(12-25-16-23-9-20(25)13-24)15-26-14-18-3-7-22-8-4-18/h1-9,16,19H,10-15H2. The van der Waals surface area contributed by atoms with E-state index >= 15 is 0 Å². The van der Waals surface area contributed by atoms with Gasteiger partial charge in [-0.3, -0.25) is 14.9 Å². The van der Waals surface area contributed by atoms with Crippen LogP contribution in [0.5, 0.6) is 0 Å².